The minimum Gasteiger partial charge on any atom is -0.480 e. The monoisotopic (exact) mass is 384 g/mol. The van der Waals surface area contributed by atoms with Crippen LogP contribution in [0.1, 0.15) is 0 Å². The van der Waals surface area contributed by atoms with E-state index in [0.717, 1.165) is 5.19 Å². The van der Waals surface area contributed by atoms with Gasteiger partial charge in [0.15, 0.2) is 0 Å². The fraction of sp³-hybridized carbons (Fsp3) is 0. The summed E-state index contributed by atoms with van der Waals surface area (Å²) in [6.45, 7) is 0. The largest absolute Gasteiger partial charge is 0.737 e. The molecule has 0 aromatic heterocycles. The zero-order chi connectivity index (χ0) is 19.1. The van der Waals surface area contributed by atoms with Gasteiger partial charge >= 0.3 is 8.80 Å². The van der Waals surface area contributed by atoms with Gasteiger partial charge in [0.25, 0.3) is 0 Å². The Labute approximate surface area is 166 Å². The summed E-state index contributed by atoms with van der Waals surface area (Å²) in [4.78, 5) is 0. The van der Waals surface area contributed by atoms with Crippen molar-refractivity contribution in [2.45, 2.75) is 0 Å². The molecule has 0 atom stereocenters. The zero-order valence-corrected chi connectivity index (χ0v) is 16.3. The molecule has 4 aromatic carbocycles. The van der Waals surface area contributed by atoms with Crippen LogP contribution in [0.25, 0.3) is 0 Å². The molecule has 28 heavy (non-hydrogen) atoms. The first-order valence-corrected chi connectivity index (χ1v) is 10.8. The van der Waals surface area contributed by atoms with Crippen LogP contribution in [-0.4, -0.2) is 8.80 Å². The second-order valence-electron chi connectivity index (χ2n) is 6.17. The van der Waals surface area contributed by atoms with Gasteiger partial charge in [-0.15, -0.1) is 0 Å². The van der Waals surface area contributed by atoms with Crippen LogP contribution in [0, 0.1) is 0 Å². The standard InChI is InChI=1S/C24H20O3Si/c1-5-13-21(14-6-1)25-28(24-19-11-4-12-20-24,26-22-15-7-2-8-16-22)27-23-17-9-3-10-18-23/h1-20H. The van der Waals surface area contributed by atoms with Crippen LogP contribution in [0.2, 0.25) is 0 Å². The molecule has 3 nitrogen and oxygen atoms in total. The zero-order valence-electron chi connectivity index (χ0n) is 15.3. The van der Waals surface area contributed by atoms with E-state index < -0.39 is 8.80 Å². The maximum Gasteiger partial charge on any atom is 0.737 e. The van der Waals surface area contributed by atoms with Gasteiger partial charge in [0.2, 0.25) is 0 Å². The average Bonchev–Trinajstić information content (AvgIpc) is 2.76. The molecule has 0 N–H and O–H groups in total. The van der Waals surface area contributed by atoms with Crippen molar-refractivity contribution in [1.29, 1.82) is 0 Å². The number of para-hydroxylation sites is 3. The molecule has 4 aromatic rings. The predicted molar refractivity (Wildman–Crippen MR) is 113 cm³/mol. The maximum atomic E-state index is 6.49. The second kappa shape index (κ2) is 8.46. The van der Waals surface area contributed by atoms with E-state index in [1.54, 1.807) is 0 Å². The highest BCUT2D eigenvalue weighted by molar-refractivity contribution is 6.77. The molecule has 138 valence electrons. The van der Waals surface area contributed by atoms with Gasteiger partial charge in [-0.1, -0.05) is 84.9 Å². The van der Waals surface area contributed by atoms with Crippen LogP contribution in [0.4, 0.5) is 0 Å². The van der Waals surface area contributed by atoms with Crippen LogP contribution in [-0.2, 0) is 0 Å². The SMILES string of the molecule is c1ccc(O[Si](Oc2ccccc2)(Oc2ccccc2)c2ccccc2)cc1. The Morgan fingerprint density at radius 2 is 0.643 bits per heavy atom. The van der Waals surface area contributed by atoms with Crippen LogP contribution < -0.4 is 18.5 Å². The summed E-state index contributed by atoms with van der Waals surface area (Å²) in [7, 11) is -3.39. The fourth-order valence-corrected chi connectivity index (χ4v) is 5.23. The highest BCUT2D eigenvalue weighted by atomic mass is 28.4. The van der Waals surface area contributed by atoms with Crippen molar-refractivity contribution in [3.63, 3.8) is 0 Å². The van der Waals surface area contributed by atoms with Crippen LogP contribution in [0.3, 0.4) is 0 Å². The number of benzene rings is 4. The Morgan fingerprint density at radius 3 is 0.964 bits per heavy atom. The van der Waals surface area contributed by atoms with E-state index in [1.165, 1.54) is 0 Å². The summed E-state index contributed by atoms with van der Waals surface area (Å²) >= 11 is 0. The van der Waals surface area contributed by atoms with E-state index in [2.05, 4.69) is 0 Å². The smallest absolute Gasteiger partial charge is 0.480 e. The molecule has 0 saturated heterocycles. The van der Waals surface area contributed by atoms with Crippen LogP contribution in [0.5, 0.6) is 17.2 Å². The lowest BCUT2D eigenvalue weighted by molar-refractivity contribution is 0.281. The Hall–Kier alpha value is -3.50. The van der Waals surface area contributed by atoms with Gasteiger partial charge in [0.05, 0.1) is 5.19 Å². The van der Waals surface area contributed by atoms with E-state index in [4.69, 9.17) is 13.3 Å². The first-order valence-electron chi connectivity index (χ1n) is 9.12. The maximum absolute atomic E-state index is 6.49. The Kier molecular flexibility index (Phi) is 5.40. The molecule has 0 aliphatic carbocycles. The minimum atomic E-state index is -3.39. The molecule has 0 spiro atoms. The molecule has 0 aliphatic heterocycles. The van der Waals surface area contributed by atoms with Gasteiger partial charge in [-0.2, -0.15) is 0 Å². The summed E-state index contributed by atoms with van der Waals surface area (Å²) in [5.74, 6) is 2.10. The van der Waals surface area contributed by atoms with Gasteiger partial charge in [-0.05, 0) is 36.4 Å². The van der Waals surface area contributed by atoms with Crippen molar-refractivity contribution in [3.8, 4) is 17.2 Å². The summed E-state index contributed by atoms with van der Waals surface area (Å²) in [5.41, 5.74) is 0. The van der Waals surface area contributed by atoms with Gasteiger partial charge in [0, 0.05) is 0 Å². The summed E-state index contributed by atoms with van der Waals surface area (Å²) in [6.07, 6.45) is 0. The molecule has 0 unspecified atom stereocenters. The Balaban J connectivity index is 1.82. The van der Waals surface area contributed by atoms with Crippen molar-refractivity contribution in [1.82, 2.24) is 0 Å². The highest BCUT2D eigenvalue weighted by Gasteiger charge is 2.52. The lowest BCUT2D eigenvalue weighted by Crippen LogP contribution is -2.64. The first kappa shape index (κ1) is 17.9. The van der Waals surface area contributed by atoms with Crippen LogP contribution in [0.15, 0.2) is 121 Å². The quantitative estimate of drug-likeness (QED) is 0.416. The number of hydrogen-bond donors (Lipinski definition) is 0. The lowest BCUT2D eigenvalue weighted by atomic mass is 10.3. The molecule has 0 fully saturated rings. The third kappa shape index (κ3) is 4.24. The average molecular weight is 385 g/mol. The molecule has 0 amide bonds. The van der Waals surface area contributed by atoms with Crippen LogP contribution >= 0.6 is 0 Å². The van der Waals surface area contributed by atoms with E-state index in [1.807, 2.05) is 121 Å². The van der Waals surface area contributed by atoms with E-state index in [9.17, 15) is 0 Å². The minimum absolute atomic E-state index is 0.699. The fourth-order valence-electron chi connectivity index (χ4n) is 2.81. The Bertz CT molecular complexity index is 876. The molecular formula is C24H20O3Si. The van der Waals surface area contributed by atoms with Crippen molar-refractivity contribution in [2.24, 2.45) is 0 Å². The lowest BCUT2D eigenvalue weighted by Gasteiger charge is -2.30. The molecule has 4 rings (SSSR count). The van der Waals surface area contributed by atoms with E-state index in [0.29, 0.717) is 17.2 Å². The highest BCUT2D eigenvalue weighted by Crippen LogP contribution is 2.24. The second-order valence-corrected chi connectivity index (χ2v) is 8.47. The third-order valence-corrected chi connectivity index (χ3v) is 6.67. The summed E-state index contributed by atoms with van der Waals surface area (Å²) < 4.78 is 19.5. The van der Waals surface area contributed by atoms with Crippen molar-refractivity contribution in [3.05, 3.63) is 121 Å². The van der Waals surface area contributed by atoms with Gasteiger partial charge in [-0.25, -0.2) is 0 Å². The predicted octanol–water partition coefficient (Wildman–Crippen LogP) is 5.07. The van der Waals surface area contributed by atoms with Gasteiger partial charge in [0.1, 0.15) is 17.2 Å². The first-order chi connectivity index (χ1) is 13.8. The molecule has 0 aliphatic rings. The van der Waals surface area contributed by atoms with Gasteiger partial charge in [-0.3, -0.25) is 0 Å². The molecule has 0 radical (unpaired) electrons. The molecule has 0 heterocycles. The third-order valence-electron chi connectivity index (χ3n) is 4.11. The normalized spacial score (nSPS) is 10.9. The summed E-state index contributed by atoms with van der Waals surface area (Å²) in [5, 5.41) is 0.881. The van der Waals surface area contributed by atoms with E-state index in [-0.39, 0.29) is 0 Å². The molecule has 0 bridgehead atoms. The van der Waals surface area contributed by atoms with E-state index >= 15 is 0 Å². The number of hydrogen-bond acceptors (Lipinski definition) is 3. The molecule has 0 saturated carbocycles. The summed E-state index contributed by atoms with van der Waals surface area (Å²) in [6, 6.07) is 38.8. The van der Waals surface area contributed by atoms with Crippen molar-refractivity contribution < 1.29 is 13.3 Å². The topological polar surface area (TPSA) is 27.7 Å². The number of rotatable bonds is 7. The Morgan fingerprint density at radius 1 is 0.357 bits per heavy atom. The van der Waals surface area contributed by atoms with Gasteiger partial charge < -0.3 is 13.3 Å². The molecular weight excluding hydrogens is 364 g/mol. The van der Waals surface area contributed by atoms with Crippen molar-refractivity contribution in [2.75, 3.05) is 0 Å². The molecule has 4 heteroatoms. The van der Waals surface area contributed by atoms with Crippen molar-refractivity contribution >= 4 is 14.0 Å².